The maximum atomic E-state index is 14.5. The molecule has 1 aromatic carbocycles. The van der Waals surface area contributed by atoms with Crippen LogP contribution in [-0.2, 0) is 13.6 Å². The van der Waals surface area contributed by atoms with Crippen molar-refractivity contribution in [2.24, 2.45) is 18.9 Å². The van der Waals surface area contributed by atoms with E-state index in [0.717, 1.165) is 23.9 Å². The van der Waals surface area contributed by atoms with Crippen molar-refractivity contribution in [2.45, 2.75) is 45.7 Å². The van der Waals surface area contributed by atoms with Crippen LogP contribution in [0.5, 0.6) is 0 Å². The van der Waals surface area contributed by atoms with Gasteiger partial charge < -0.3 is 4.90 Å². The molecule has 0 saturated heterocycles. The number of aromatic nitrogens is 2. The largest absolute Gasteiger partial charge is 0.330 e. The number of halogens is 2. The van der Waals surface area contributed by atoms with E-state index in [9.17, 15) is 14.0 Å². The van der Waals surface area contributed by atoms with Crippen LogP contribution in [-0.4, -0.2) is 26.6 Å². The number of amides is 1. The molecular weight excluding hydrogens is 381 g/mol. The van der Waals surface area contributed by atoms with Crippen molar-refractivity contribution in [1.29, 1.82) is 0 Å². The van der Waals surface area contributed by atoms with Gasteiger partial charge in [-0.1, -0.05) is 44.4 Å². The van der Waals surface area contributed by atoms with E-state index in [4.69, 9.17) is 11.6 Å². The molecule has 0 bridgehead atoms. The summed E-state index contributed by atoms with van der Waals surface area (Å²) in [7, 11) is 1.50. The SMILES string of the molecule is C[C@H]1[C@H](C)CCC[C@H]1N(Cc1c(F)cccc1Cl)C(=O)c1ccc(=O)n(C)n1. The molecule has 1 aromatic heterocycles. The van der Waals surface area contributed by atoms with Crippen LogP contribution in [0, 0.1) is 17.7 Å². The zero-order chi connectivity index (χ0) is 20.4. The molecule has 1 aliphatic carbocycles. The molecule has 28 heavy (non-hydrogen) atoms. The zero-order valence-corrected chi connectivity index (χ0v) is 17.1. The first-order chi connectivity index (χ1) is 13.3. The first-order valence-corrected chi connectivity index (χ1v) is 9.95. The number of rotatable bonds is 4. The van der Waals surface area contributed by atoms with Gasteiger partial charge in [-0.3, -0.25) is 9.59 Å². The van der Waals surface area contributed by atoms with Crippen LogP contribution < -0.4 is 5.56 Å². The number of nitrogens with zero attached hydrogens (tertiary/aromatic N) is 3. The Morgan fingerprint density at radius 2 is 2.04 bits per heavy atom. The van der Waals surface area contributed by atoms with Crippen LogP contribution in [0.15, 0.2) is 35.1 Å². The minimum atomic E-state index is -0.435. The average molecular weight is 406 g/mol. The average Bonchev–Trinajstić information content (AvgIpc) is 2.66. The second-order valence-corrected chi connectivity index (χ2v) is 8.06. The van der Waals surface area contributed by atoms with Gasteiger partial charge >= 0.3 is 0 Å². The Balaban J connectivity index is 2.01. The highest BCUT2D eigenvalue weighted by Gasteiger charge is 2.35. The van der Waals surface area contributed by atoms with Crippen molar-refractivity contribution >= 4 is 17.5 Å². The molecule has 3 rings (SSSR count). The molecule has 7 heteroatoms. The third-order valence-electron chi connectivity index (χ3n) is 5.89. The minimum Gasteiger partial charge on any atom is -0.330 e. The van der Waals surface area contributed by atoms with Crippen LogP contribution in [0.1, 0.15) is 49.2 Å². The van der Waals surface area contributed by atoms with Crippen LogP contribution in [0.2, 0.25) is 5.02 Å². The number of carbonyl (C=O) groups is 1. The fourth-order valence-electron chi connectivity index (χ4n) is 3.95. The van der Waals surface area contributed by atoms with Gasteiger partial charge in [0, 0.05) is 29.7 Å². The summed E-state index contributed by atoms with van der Waals surface area (Å²) < 4.78 is 15.6. The minimum absolute atomic E-state index is 0.0500. The van der Waals surface area contributed by atoms with Gasteiger partial charge in [0.05, 0.1) is 6.54 Å². The van der Waals surface area contributed by atoms with Gasteiger partial charge in [-0.15, -0.1) is 0 Å². The highest BCUT2D eigenvalue weighted by atomic mass is 35.5. The van der Waals surface area contributed by atoms with E-state index in [-0.39, 0.29) is 35.7 Å². The second kappa shape index (κ2) is 8.43. The molecule has 5 nitrogen and oxygen atoms in total. The molecule has 2 aromatic rings. The summed E-state index contributed by atoms with van der Waals surface area (Å²) in [6.07, 6.45) is 2.96. The molecule has 1 saturated carbocycles. The second-order valence-electron chi connectivity index (χ2n) is 7.65. The summed E-state index contributed by atoms with van der Waals surface area (Å²) in [6, 6.07) is 7.22. The Labute approximate surface area is 169 Å². The van der Waals surface area contributed by atoms with Gasteiger partial charge in [-0.25, -0.2) is 9.07 Å². The molecule has 0 aliphatic heterocycles. The van der Waals surface area contributed by atoms with E-state index in [2.05, 4.69) is 18.9 Å². The van der Waals surface area contributed by atoms with Gasteiger partial charge in [-0.05, 0) is 36.5 Å². The Kier molecular flexibility index (Phi) is 6.18. The van der Waals surface area contributed by atoms with E-state index >= 15 is 0 Å². The molecule has 150 valence electrons. The number of aryl methyl sites for hydroxylation is 1. The summed E-state index contributed by atoms with van der Waals surface area (Å²) >= 11 is 6.24. The van der Waals surface area contributed by atoms with E-state index < -0.39 is 5.82 Å². The van der Waals surface area contributed by atoms with Crippen molar-refractivity contribution in [2.75, 3.05) is 0 Å². The Hall–Kier alpha value is -2.21. The third kappa shape index (κ3) is 4.12. The molecular formula is C21H25ClFN3O2. The summed E-state index contributed by atoms with van der Waals surface area (Å²) in [5, 5.41) is 4.40. The molecule has 1 amide bonds. The van der Waals surface area contributed by atoms with Gasteiger partial charge in [0.1, 0.15) is 11.5 Å². The molecule has 3 atom stereocenters. The maximum Gasteiger partial charge on any atom is 0.274 e. The Morgan fingerprint density at radius 3 is 2.71 bits per heavy atom. The predicted octanol–water partition coefficient (Wildman–Crippen LogP) is 4.04. The first-order valence-electron chi connectivity index (χ1n) is 9.57. The molecule has 0 spiro atoms. The predicted molar refractivity (Wildman–Crippen MR) is 107 cm³/mol. The van der Waals surface area contributed by atoms with Crippen LogP contribution in [0.4, 0.5) is 4.39 Å². The first kappa shape index (κ1) is 20.5. The Morgan fingerprint density at radius 1 is 1.29 bits per heavy atom. The molecule has 0 radical (unpaired) electrons. The highest BCUT2D eigenvalue weighted by molar-refractivity contribution is 6.31. The molecule has 0 unspecified atom stereocenters. The lowest BCUT2D eigenvalue weighted by Crippen LogP contribution is -2.47. The number of carbonyl (C=O) groups excluding carboxylic acids is 1. The lowest BCUT2D eigenvalue weighted by Gasteiger charge is -2.41. The normalized spacial score (nSPS) is 22.1. The maximum absolute atomic E-state index is 14.5. The van der Waals surface area contributed by atoms with E-state index in [1.54, 1.807) is 17.0 Å². The van der Waals surface area contributed by atoms with Crippen molar-refractivity contribution in [3.05, 3.63) is 62.8 Å². The highest BCUT2D eigenvalue weighted by Crippen LogP contribution is 2.35. The number of benzene rings is 1. The number of hydrogen-bond donors (Lipinski definition) is 0. The molecule has 1 aliphatic rings. The fraction of sp³-hybridized carbons (Fsp3) is 0.476. The van der Waals surface area contributed by atoms with Crippen LogP contribution >= 0.6 is 11.6 Å². The number of hydrogen-bond acceptors (Lipinski definition) is 3. The van der Waals surface area contributed by atoms with E-state index in [1.807, 2.05) is 0 Å². The lowest BCUT2D eigenvalue weighted by atomic mass is 9.77. The van der Waals surface area contributed by atoms with Gasteiger partial charge in [0.2, 0.25) is 0 Å². The topological polar surface area (TPSA) is 55.2 Å². The fourth-order valence-corrected chi connectivity index (χ4v) is 4.17. The van der Waals surface area contributed by atoms with E-state index in [1.165, 1.54) is 25.2 Å². The summed E-state index contributed by atoms with van der Waals surface area (Å²) in [6.45, 7) is 4.38. The summed E-state index contributed by atoms with van der Waals surface area (Å²) in [4.78, 5) is 26.7. The zero-order valence-electron chi connectivity index (χ0n) is 16.4. The van der Waals surface area contributed by atoms with Crippen molar-refractivity contribution in [3.63, 3.8) is 0 Å². The van der Waals surface area contributed by atoms with Crippen molar-refractivity contribution in [1.82, 2.24) is 14.7 Å². The molecule has 0 N–H and O–H groups in total. The smallest absolute Gasteiger partial charge is 0.274 e. The molecule has 1 fully saturated rings. The van der Waals surface area contributed by atoms with Gasteiger partial charge in [0.15, 0.2) is 0 Å². The summed E-state index contributed by atoms with van der Waals surface area (Å²) in [5.74, 6) is -0.0369. The third-order valence-corrected chi connectivity index (χ3v) is 6.25. The van der Waals surface area contributed by atoms with Crippen LogP contribution in [0.3, 0.4) is 0 Å². The van der Waals surface area contributed by atoms with Gasteiger partial charge in [0.25, 0.3) is 11.5 Å². The quantitative estimate of drug-likeness (QED) is 0.771. The lowest BCUT2D eigenvalue weighted by molar-refractivity contribution is 0.0438. The van der Waals surface area contributed by atoms with Crippen LogP contribution in [0.25, 0.3) is 0 Å². The Bertz CT molecular complexity index is 910. The van der Waals surface area contributed by atoms with E-state index in [0.29, 0.717) is 16.5 Å². The van der Waals surface area contributed by atoms with Crippen molar-refractivity contribution in [3.8, 4) is 0 Å². The van der Waals surface area contributed by atoms with Gasteiger partial charge in [-0.2, -0.15) is 5.10 Å². The molecule has 1 heterocycles. The standard InChI is InChI=1S/C21H25ClFN3O2/c1-13-6-4-9-19(14(13)2)26(12-15-16(22)7-5-8-17(15)23)21(28)18-10-11-20(27)25(3)24-18/h5,7-8,10-11,13-14,19H,4,6,9,12H2,1-3H3/t13-,14+,19-/m1/s1. The van der Waals surface area contributed by atoms with Crippen molar-refractivity contribution < 1.29 is 9.18 Å². The monoisotopic (exact) mass is 405 g/mol. The summed E-state index contributed by atoms with van der Waals surface area (Å²) in [5.41, 5.74) is 0.174.